The molecule has 0 radical (unpaired) electrons. The van der Waals surface area contributed by atoms with Gasteiger partial charge in [0, 0.05) is 21.8 Å². The van der Waals surface area contributed by atoms with Gasteiger partial charge < -0.3 is 24.8 Å². The summed E-state index contributed by atoms with van der Waals surface area (Å²) in [6.45, 7) is 2.17. The van der Waals surface area contributed by atoms with Crippen molar-refractivity contribution < 1.29 is 20.2 Å². The zero-order valence-corrected chi connectivity index (χ0v) is 13.7. The smallest absolute Gasteiger partial charge is 0.121 e. The predicted octanol–water partition coefficient (Wildman–Crippen LogP) is 0.0249. The Hall–Kier alpha value is -1.92. The summed E-state index contributed by atoms with van der Waals surface area (Å²) in [5.74, 6) is 0. The molecule has 3 aromatic rings. The average Bonchev–Trinajstić information content (AvgIpc) is 2.90. The SMILES string of the molecule is OCC[NH+](CCO)CC(O)Cn1c2ccccc2c2ccccc21. The number of benzene rings is 2. The molecule has 128 valence electrons. The molecule has 0 bridgehead atoms. The van der Waals surface area contributed by atoms with Gasteiger partial charge in [0.05, 0.1) is 19.8 Å². The maximum absolute atomic E-state index is 10.6. The van der Waals surface area contributed by atoms with Gasteiger partial charge in [0.2, 0.25) is 0 Å². The number of nitrogens with one attached hydrogen (secondary N) is 1. The molecule has 1 heterocycles. The van der Waals surface area contributed by atoms with Gasteiger partial charge in [-0.3, -0.25) is 0 Å². The number of fused-ring (bicyclic) bond motifs is 3. The molecular weight excluding hydrogens is 304 g/mol. The third-order valence-corrected chi connectivity index (χ3v) is 4.53. The molecule has 24 heavy (non-hydrogen) atoms. The van der Waals surface area contributed by atoms with Crippen LogP contribution in [0.4, 0.5) is 0 Å². The fourth-order valence-electron chi connectivity index (χ4n) is 3.45. The summed E-state index contributed by atoms with van der Waals surface area (Å²) in [7, 11) is 0. The van der Waals surface area contributed by atoms with E-state index in [1.807, 2.05) is 24.3 Å². The van der Waals surface area contributed by atoms with E-state index in [2.05, 4.69) is 28.8 Å². The predicted molar refractivity (Wildman–Crippen MR) is 95.2 cm³/mol. The highest BCUT2D eigenvalue weighted by atomic mass is 16.3. The second kappa shape index (κ2) is 7.77. The van der Waals surface area contributed by atoms with Crippen molar-refractivity contribution in [1.29, 1.82) is 0 Å². The number of aromatic nitrogens is 1. The van der Waals surface area contributed by atoms with Crippen LogP contribution in [-0.2, 0) is 6.54 Å². The summed E-state index contributed by atoms with van der Waals surface area (Å²) >= 11 is 0. The largest absolute Gasteiger partial charge is 0.391 e. The molecule has 0 amide bonds. The molecule has 5 nitrogen and oxygen atoms in total. The van der Waals surface area contributed by atoms with Crippen molar-refractivity contribution in [2.45, 2.75) is 12.6 Å². The van der Waals surface area contributed by atoms with Crippen LogP contribution in [-0.4, -0.2) is 58.8 Å². The monoisotopic (exact) mass is 329 g/mol. The molecule has 0 saturated carbocycles. The van der Waals surface area contributed by atoms with Crippen LogP contribution in [0.25, 0.3) is 21.8 Å². The Kier molecular flexibility index (Phi) is 5.48. The summed E-state index contributed by atoms with van der Waals surface area (Å²) in [5, 5.41) is 31.2. The first kappa shape index (κ1) is 16.9. The summed E-state index contributed by atoms with van der Waals surface area (Å²) in [6, 6.07) is 16.5. The van der Waals surface area contributed by atoms with Gasteiger partial charge in [-0.05, 0) is 12.1 Å². The van der Waals surface area contributed by atoms with Crippen LogP contribution < -0.4 is 4.90 Å². The van der Waals surface area contributed by atoms with Gasteiger partial charge in [-0.15, -0.1) is 0 Å². The molecule has 0 aliphatic heterocycles. The van der Waals surface area contributed by atoms with Crippen molar-refractivity contribution in [3.8, 4) is 0 Å². The number of aliphatic hydroxyl groups is 3. The summed E-state index contributed by atoms with van der Waals surface area (Å²) in [4.78, 5) is 1.01. The number of quaternary nitrogens is 1. The van der Waals surface area contributed by atoms with E-state index in [1.54, 1.807) is 0 Å². The van der Waals surface area contributed by atoms with E-state index in [4.69, 9.17) is 10.2 Å². The van der Waals surface area contributed by atoms with Gasteiger partial charge in [0.1, 0.15) is 25.7 Å². The van der Waals surface area contributed by atoms with Crippen LogP contribution in [0.15, 0.2) is 48.5 Å². The lowest BCUT2D eigenvalue weighted by molar-refractivity contribution is -0.904. The molecule has 1 atom stereocenters. The van der Waals surface area contributed by atoms with Gasteiger partial charge in [-0.1, -0.05) is 36.4 Å². The van der Waals surface area contributed by atoms with Crippen LogP contribution in [0, 0.1) is 0 Å². The molecular formula is C19H25N2O3+. The summed E-state index contributed by atoms with van der Waals surface area (Å²) < 4.78 is 2.16. The number of hydrogen-bond donors (Lipinski definition) is 4. The number of hydrogen-bond acceptors (Lipinski definition) is 3. The lowest BCUT2D eigenvalue weighted by atomic mass is 10.2. The molecule has 0 fully saturated rings. The Bertz CT molecular complexity index is 740. The molecule has 0 aliphatic carbocycles. The van der Waals surface area contributed by atoms with E-state index < -0.39 is 6.10 Å². The van der Waals surface area contributed by atoms with E-state index >= 15 is 0 Å². The van der Waals surface area contributed by atoms with Crippen LogP contribution in [0.3, 0.4) is 0 Å². The van der Waals surface area contributed by atoms with Crippen molar-refractivity contribution in [3.05, 3.63) is 48.5 Å². The van der Waals surface area contributed by atoms with E-state index in [0.29, 0.717) is 26.2 Å². The molecule has 0 saturated heterocycles. The normalized spacial score (nSPS) is 13.2. The number of aliphatic hydroxyl groups excluding tert-OH is 3. The van der Waals surface area contributed by atoms with Gasteiger partial charge in [-0.2, -0.15) is 0 Å². The molecule has 5 heteroatoms. The molecule has 0 spiro atoms. The zero-order valence-electron chi connectivity index (χ0n) is 13.7. The highest BCUT2D eigenvalue weighted by molar-refractivity contribution is 6.07. The third-order valence-electron chi connectivity index (χ3n) is 4.53. The molecule has 2 aromatic carbocycles. The number of rotatable bonds is 8. The Morgan fingerprint density at radius 3 is 1.83 bits per heavy atom. The Morgan fingerprint density at radius 1 is 0.833 bits per heavy atom. The fraction of sp³-hybridized carbons (Fsp3) is 0.368. The Balaban J connectivity index is 1.88. The van der Waals surface area contributed by atoms with Crippen LogP contribution >= 0.6 is 0 Å². The highest BCUT2D eigenvalue weighted by Gasteiger charge is 2.17. The van der Waals surface area contributed by atoms with Gasteiger partial charge in [-0.25, -0.2) is 0 Å². The Labute approximate surface area is 141 Å². The minimum Gasteiger partial charge on any atom is -0.391 e. The second-order valence-corrected chi connectivity index (χ2v) is 6.20. The molecule has 1 aromatic heterocycles. The van der Waals surface area contributed by atoms with Crippen LogP contribution in [0.5, 0.6) is 0 Å². The highest BCUT2D eigenvalue weighted by Crippen LogP contribution is 2.28. The van der Waals surface area contributed by atoms with Gasteiger partial charge in [0.25, 0.3) is 0 Å². The molecule has 4 N–H and O–H groups in total. The van der Waals surface area contributed by atoms with Crippen LogP contribution in [0.1, 0.15) is 0 Å². The quantitative estimate of drug-likeness (QED) is 0.471. The van der Waals surface area contributed by atoms with Gasteiger partial charge >= 0.3 is 0 Å². The fourth-order valence-corrected chi connectivity index (χ4v) is 3.45. The van der Waals surface area contributed by atoms with Crippen LogP contribution in [0.2, 0.25) is 0 Å². The van der Waals surface area contributed by atoms with Crippen molar-refractivity contribution in [2.24, 2.45) is 0 Å². The Morgan fingerprint density at radius 2 is 1.33 bits per heavy atom. The topological polar surface area (TPSA) is 70.1 Å². The second-order valence-electron chi connectivity index (χ2n) is 6.20. The molecule has 1 unspecified atom stereocenters. The van der Waals surface area contributed by atoms with E-state index in [0.717, 1.165) is 15.9 Å². The van der Waals surface area contributed by atoms with E-state index in [9.17, 15) is 5.11 Å². The lowest BCUT2D eigenvalue weighted by Gasteiger charge is -2.21. The van der Waals surface area contributed by atoms with E-state index in [-0.39, 0.29) is 13.2 Å². The van der Waals surface area contributed by atoms with Crippen molar-refractivity contribution >= 4 is 21.8 Å². The zero-order chi connectivity index (χ0) is 16.9. The maximum atomic E-state index is 10.6. The number of para-hydroxylation sites is 2. The summed E-state index contributed by atoms with van der Waals surface area (Å²) in [5.41, 5.74) is 2.23. The standard InChI is InChI=1S/C19H24N2O3/c22-11-9-20(10-12-23)13-15(24)14-21-18-7-3-1-5-16(18)17-6-2-4-8-19(17)21/h1-8,15,22-24H,9-14H2/p+1. The third kappa shape index (κ3) is 3.44. The number of nitrogens with zero attached hydrogens (tertiary/aromatic N) is 1. The minimum absolute atomic E-state index is 0.0530. The maximum Gasteiger partial charge on any atom is 0.121 e. The van der Waals surface area contributed by atoms with Gasteiger partial charge in [0.15, 0.2) is 0 Å². The molecule has 3 rings (SSSR count). The van der Waals surface area contributed by atoms with Crippen molar-refractivity contribution in [1.82, 2.24) is 4.57 Å². The first-order valence-electron chi connectivity index (χ1n) is 8.44. The first-order chi connectivity index (χ1) is 11.7. The van der Waals surface area contributed by atoms with Crippen molar-refractivity contribution in [3.63, 3.8) is 0 Å². The first-order valence-corrected chi connectivity index (χ1v) is 8.44. The minimum atomic E-state index is -0.544. The van der Waals surface area contributed by atoms with E-state index in [1.165, 1.54) is 10.8 Å². The molecule has 0 aliphatic rings. The average molecular weight is 329 g/mol. The summed E-state index contributed by atoms with van der Waals surface area (Å²) in [6.07, 6.45) is -0.544. The lowest BCUT2D eigenvalue weighted by Crippen LogP contribution is -3.14. The van der Waals surface area contributed by atoms with Crippen molar-refractivity contribution in [2.75, 3.05) is 32.8 Å².